The summed E-state index contributed by atoms with van der Waals surface area (Å²) in [5.74, 6) is 1.67. The molecule has 9 nitrogen and oxygen atoms in total. The lowest BCUT2D eigenvalue weighted by Crippen LogP contribution is -2.13. The van der Waals surface area contributed by atoms with Crippen LogP contribution in [0.4, 0.5) is 5.13 Å². The molecule has 0 unspecified atom stereocenters. The summed E-state index contributed by atoms with van der Waals surface area (Å²) >= 11 is 7.68. The summed E-state index contributed by atoms with van der Waals surface area (Å²) < 4.78 is 22.0. The zero-order valence-corrected chi connectivity index (χ0v) is 21.8. The fourth-order valence-electron chi connectivity index (χ4n) is 2.94. The van der Waals surface area contributed by atoms with Crippen molar-refractivity contribution in [1.29, 1.82) is 5.26 Å². The van der Waals surface area contributed by atoms with Crippen molar-refractivity contribution in [2.75, 3.05) is 32.8 Å². The predicted molar refractivity (Wildman–Crippen MR) is 138 cm³/mol. The summed E-state index contributed by atoms with van der Waals surface area (Å²) in [5, 5.41) is 21.5. The molecule has 0 bridgehead atoms. The lowest BCUT2D eigenvalue weighted by atomic mass is 10.1. The maximum absolute atomic E-state index is 12.6. The Morgan fingerprint density at radius 2 is 1.81 bits per heavy atom. The number of aromatic nitrogens is 2. The first-order valence-electron chi connectivity index (χ1n) is 10.9. The highest BCUT2D eigenvalue weighted by Gasteiger charge is 2.16. The Morgan fingerprint density at radius 3 is 2.42 bits per heavy atom. The molecule has 1 heterocycles. The number of carbonyl (C=O) groups is 1. The molecule has 0 fully saturated rings. The number of hydrogen-bond acceptors (Lipinski definition) is 9. The second-order valence-corrected chi connectivity index (χ2v) is 9.05. The Balaban J connectivity index is 1.66. The van der Waals surface area contributed by atoms with E-state index in [4.69, 9.17) is 30.5 Å². The first-order chi connectivity index (χ1) is 17.3. The molecule has 0 aliphatic rings. The van der Waals surface area contributed by atoms with Crippen molar-refractivity contribution in [3.63, 3.8) is 0 Å². The molecule has 0 saturated heterocycles. The van der Waals surface area contributed by atoms with Crippen LogP contribution in [0.3, 0.4) is 0 Å². The van der Waals surface area contributed by atoms with Crippen LogP contribution in [0.25, 0.3) is 6.08 Å². The minimum Gasteiger partial charge on any atom is -0.497 e. The standard InChI is InChI=1S/C25H25ClN4O5S/c1-15(2)24-29-30-25(36-24)28-23(31)17(14-27)11-16-12-20(26)22(21(13-16)33-4)35-10-9-34-19-7-5-18(32-3)6-8-19/h5-8,11-13,15H,9-10H2,1-4H3,(H,28,30,31)/b17-11-. The van der Waals surface area contributed by atoms with Gasteiger partial charge in [0.15, 0.2) is 11.5 Å². The molecule has 188 valence electrons. The molecule has 0 atom stereocenters. The van der Waals surface area contributed by atoms with E-state index < -0.39 is 5.91 Å². The van der Waals surface area contributed by atoms with Gasteiger partial charge in [-0.1, -0.05) is 36.8 Å². The highest BCUT2D eigenvalue weighted by atomic mass is 35.5. The van der Waals surface area contributed by atoms with Gasteiger partial charge in [0.1, 0.15) is 41.4 Å². The Morgan fingerprint density at radius 1 is 1.11 bits per heavy atom. The highest BCUT2D eigenvalue weighted by molar-refractivity contribution is 7.15. The summed E-state index contributed by atoms with van der Waals surface area (Å²) in [6.07, 6.45) is 1.41. The summed E-state index contributed by atoms with van der Waals surface area (Å²) in [5.41, 5.74) is 0.362. The molecule has 1 N–H and O–H groups in total. The molecular formula is C25H25ClN4O5S. The fourth-order valence-corrected chi connectivity index (χ4v) is 3.95. The van der Waals surface area contributed by atoms with Crippen LogP contribution in [0.5, 0.6) is 23.0 Å². The third-order valence-electron chi connectivity index (χ3n) is 4.74. The zero-order chi connectivity index (χ0) is 26.1. The first-order valence-corrected chi connectivity index (χ1v) is 12.1. The van der Waals surface area contributed by atoms with Crippen LogP contribution in [-0.4, -0.2) is 43.5 Å². The monoisotopic (exact) mass is 528 g/mol. The van der Waals surface area contributed by atoms with Crippen LogP contribution in [0, 0.1) is 11.3 Å². The van der Waals surface area contributed by atoms with Crippen LogP contribution in [0.15, 0.2) is 42.0 Å². The Kier molecular flexibility index (Phi) is 9.50. The van der Waals surface area contributed by atoms with Crippen LogP contribution < -0.4 is 24.3 Å². The van der Waals surface area contributed by atoms with Gasteiger partial charge in [-0.2, -0.15) is 5.26 Å². The lowest BCUT2D eigenvalue weighted by Gasteiger charge is -2.14. The van der Waals surface area contributed by atoms with Crippen molar-refractivity contribution in [2.24, 2.45) is 0 Å². The maximum atomic E-state index is 12.6. The Bertz CT molecular complexity index is 1270. The maximum Gasteiger partial charge on any atom is 0.268 e. The molecule has 0 saturated carbocycles. The van der Waals surface area contributed by atoms with Gasteiger partial charge in [0.2, 0.25) is 5.13 Å². The van der Waals surface area contributed by atoms with Crippen molar-refractivity contribution < 1.29 is 23.7 Å². The van der Waals surface area contributed by atoms with E-state index in [1.165, 1.54) is 24.5 Å². The van der Waals surface area contributed by atoms with Gasteiger partial charge in [0.25, 0.3) is 5.91 Å². The van der Waals surface area contributed by atoms with E-state index in [1.54, 1.807) is 43.5 Å². The number of anilines is 1. The second kappa shape index (κ2) is 12.8. The van der Waals surface area contributed by atoms with Gasteiger partial charge in [-0.3, -0.25) is 10.1 Å². The van der Waals surface area contributed by atoms with Crippen molar-refractivity contribution in [3.05, 3.63) is 57.6 Å². The van der Waals surface area contributed by atoms with E-state index in [9.17, 15) is 10.1 Å². The zero-order valence-electron chi connectivity index (χ0n) is 20.2. The minimum atomic E-state index is -0.602. The topological polar surface area (TPSA) is 116 Å². The molecule has 36 heavy (non-hydrogen) atoms. The minimum absolute atomic E-state index is 0.129. The van der Waals surface area contributed by atoms with Gasteiger partial charge in [0, 0.05) is 5.92 Å². The average molecular weight is 529 g/mol. The summed E-state index contributed by atoms with van der Waals surface area (Å²) in [7, 11) is 3.07. The van der Waals surface area contributed by atoms with Crippen LogP contribution in [0.1, 0.15) is 30.3 Å². The molecule has 11 heteroatoms. The number of nitriles is 1. The summed E-state index contributed by atoms with van der Waals surface area (Å²) in [6, 6.07) is 12.3. The van der Waals surface area contributed by atoms with E-state index >= 15 is 0 Å². The summed E-state index contributed by atoms with van der Waals surface area (Å²) in [6.45, 7) is 4.44. The number of hydrogen-bond donors (Lipinski definition) is 1. The van der Waals surface area contributed by atoms with Crippen LogP contribution in [0.2, 0.25) is 5.02 Å². The van der Waals surface area contributed by atoms with Crippen LogP contribution >= 0.6 is 22.9 Å². The molecule has 1 amide bonds. The van der Waals surface area contributed by atoms with Gasteiger partial charge in [-0.25, -0.2) is 0 Å². The second-order valence-electron chi connectivity index (χ2n) is 7.63. The van der Waals surface area contributed by atoms with E-state index in [0.717, 1.165) is 10.8 Å². The lowest BCUT2D eigenvalue weighted by molar-refractivity contribution is -0.112. The molecule has 3 aromatic rings. The molecule has 3 rings (SSSR count). The molecule has 0 radical (unpaired) electrons. The number of halogens is 1. The number of methoxy groups -OCH3 is 2. The number of nitrogens with one attached hydrogen (secondary N) is 1. The van der Waals surface area contributed by atoms with Gasteiger partial charge in [-0.05, 0) is 48.0 Å². The van der Waals surface area contributed by atoms with Crippen molar-refractivity contribution >= 4 is 40.1 Å². The van der Waals surface area contributed by atoms with E-state index in [0.29, 0.717) is 27.9 Å². The normalized spacial score (nSPS) is 11.1. The van der Waals surface area contributed by atoms with Gasteiger partial charge in [-0.15, -0.1) is 10.2 Å². The third-order valence-corrected chi connectivity index (χ3v) is 6.16. The quantitative estimate of drug-likeness (QED) is 0.201. The Labute approximate surface area is 218 Å². The van der Waals surface area contributed by atoms with E-state index in [-0.39, 0.29) is 29.7 Å². The van der Waals surface area contributed by atoms with Crippen molar-refractivity contribution in [1.82, 2.24) is 10.2 Å². The van der Waals surface area contributed by atoms with Gasteiger partial charge < -0.3 is 18.9 Å². The fraction of sp³-hybridized carbons (Fsp3) is 0.280. The molecule has 2 aromatic carbocycles. The van der Waals surface area contributed by atoms with E-state index in [1.807, 2.05) is 19.9 Å². The third kappa shape index (κ3) is 7.10. The molecule has 0 aliphatic heterocycles. The largest absolute Gasteiger partial charge is 0.497 e. The van der Waals surface area contributed by atoms with Crippen molar-refractivity contribution in [2.45, 2.75) is 19.8 Å². The molecule has 0 spiro atoms. The predicted octanol–water partition coefficient (Wildman–Crippen LogP) is 5.34. The SMILES string of the molecule is COc1ccc(OCCOc2c(Cl)cc(/C=C(/C#N)C(=O)Nc3nnc(C(C)C)s3)cc2OC)cc1. The molecule has 0 aliphatic carbocycles. The van der Waals surface area contributed by atoms with Gasteiger partial charge in [0.05, 0.1) is 19.2 Å². The number of rotatable bonds is 11. The Hall–Kier alpha value is -3.81. The molecule has 1 aromatic heterocycles. The smallest absolute Gasteiger partial charge is 0.268 e. The number of nitrogens with zero attached hydrogens (tertiary/aromatic N) is 3. The number of carbonyl (C=O) groups excluding carboxylic acids is 1. The van der Waals surface area contributed by atoms with Crippen molar-refractivity contribution in [3.8, 4) is 29.1 Å². The van der Waals surface area contributed by atoms with E-state index in [2.05, 4.69) is 15.5 Å². The number of benzene rings is 2. The molecular weight excluding hydrogens is 504 g/mol. The number of amides is 1. The highest BCUT2D eigenvalue weighted by Crippen LogP contribution is 2.37. The van der Waals surface area contributed by atoms with Crippen LogP contribution in [-0.2, 0) is 4.79 Å². The summed E-state index contributed by atoms with van der Waals surface area (Å²) in [4.78, 5) is 12.6. The van der Waals surface area contributed by atoms with Gasteiger partial charge >= 0.3 is 0 Å². The average Bonchev–Trinajstić information content (AvgIpc) is 3.34. The number of ether oxygens (including phenoxy) is 4. The first kappa shape index (κ1) is 26.8.